The Kier molecular flexibility index (Phi) is 5.62. The van der Waals surface area contributed by atoms with Crippen molar-refractivity contribution in [2.24, 2.45) is 0 Å². The lowest BCUT2D eigenvalue weighted by Crippen LogP contribution is -2.16. The van der Waals surface area contributed by atoms with Gasteiger partial charge in [-0.05, 0) is 44.5 Å². The van der Waals surface area contributed by atoms with Crippen LogP contribution in [0.2, 0.25) is 0 Å². The van der Waals surface area contributed by atoms with Gasteiger partial charge in [0.15, 0.2) is 5.16 Å². The number of carbonyl (C=O) groups is 1. The molecule has 0 bridgehead atoms. The van der Waals surface area contributed by atoms with Crippen LogP contribution in [0.5, 0.6) is 0 Å². The van der Waals surface area contributed by atoms with Crippen molar-refractivity contribution in [2.45, 2.75) is 31.7 Å². The number of rotatable bonds is 5. The molecule has 8 nitrogen and oxygen atoms in total. The fourth-order valence-electron chi connectivity index (χ4n) is 3.68. The number of fused-ring (bicyclic) bond motifs is 2. The van der Waals surface area contributed by atoms with Gasteiger partial charge in [0, 0.05) is 29.1 Å². The Morgan fingerprint density at radius 3 is 2.65 bits per heavy atom. The molecule has 1 aromatic carbocycles. The van der Waals surface area contributed by atoms with E-state index in [4.69, 9.17) is 4.42 Å². The molecule has 0 unspecified atom stereocenters. The zero-order valence-electron chi connectivity index (χ0n) is 18.8. The first kappa shape index (κ1) is 21.8. The maximum absolute atomic E-state index is 12.8. The first-order valence-corrected chi connectivity index (χ1v) is 11.6. The molecule has 4 heterocycles. The monoisotopic (exact) mass is 471 g/mol. The molecule has 0 atom stereocenters. The van der Waals surface area contributed by atoms with Crippen LogP contribution in [0.3, 0.4) is 0 Å². The van der Waals surface area contributed by atoms with E-state index in [1.165, 1.54) is 22.2 Å². The van der Waals surface area contributed by atoms with Gasteiger partial charge in [0.05, 0.1) is 11.1 Å². The summed E-state index contributed by atoms with van der Waals surface area (Å²) < 4.78 is 7.35. The quantitative estimate of drug-likeness (QED) is 0.293. The zero-order chi connectivity index (χ0) is 23.8. The van der Waals surface area contributed by atoms with E-state index in [9.17, 15) is 9.59 Å². The molecular formula is C25H21N5O3S. The van der Waals surface area contributed by atoms with E-state index < -0.39 is 0 Å². The molecule has 0 radical (unpaired) electrons. The Morgan fingerprint density at radius 2 is 1.85 bits per heavy atom. The number of carbonyl (C=O) groups excluding carboxylic acids is 1. The van der Waals surface area contributed by atoms with E-state index in [1.807, 2.05) is 39.0 Å². The molecule has 0 saturated heterocycles. The van der Waals surface area contributed by atoms with E-state index in [1.54, 1.807) is 30.5 Å². The second kappa shape index (κ2) is 8.75. The van der Waals surface area contributed by atoms with Crippen molar-refractivity contribution in [3.05, 3.63) is 93.2 Å². The normalized spacial score (nSPS) is 11.3. The minimum absolute atomic E-state index is 0.145. The van der Waals surface area contributed by atoms with Gasteiger partial charge in [0.2, 0.25) is 5.71 Å². The highest BCUT2D eigenvalue weighted by molar-refractivity contribution is 7.98. The third-order valence-corrected chi connectivity index (χ3v) is 6.45. The first-order valence-electron chi connectivity index (χ1n) is 10.7. The molecule has 1 N–H and O–H groups in total. The number of aryl methyl sites for hydroxylation is 3. The summed E-state index contributed by atoms with van der Waals surface area (Å²) in [4.78, 5) is 39.1. The minimum atomic E-state index is -0.269. The van der Waals surface area contributed by atoms with Crippen molar-refractivity contribution in [1.29, 1.82) is 0 Å². The Bertz CT molecular complexity index is 1610. The maximum atomic E-state index is 12.8. The predicted octanol–water partition coefficient (Wildman–Crippen LogP) is 4.70. The van der Waals surface area contributed by atoms with E-state index in [0.29, 0.717) is 50.5 Å². The fraction of sp³-hybridized carbons (Fsp3) is 0.160. The standard InChI is InChI=1S/C25H21N5O3S/c1-14-8-7-11-30-19(31)12-18(26-22(14)30)13-34-25-28-21(20-15(2)16(3)33-24(20)29-25)27-23(32)17-9-5-4-6-10-17/h4-12H,13H2,1-3H3,(H,27,28,29,32). The van der Waals surface area contributed by atoms with Gasteiger partial charge in [-0.2, -0.15) is 4.98 Å². The molecule has 0 saturated carbocycles. The van der Waals surface area contributed by atoms with Crippen LogP contribution in [0, 0.1) is 20.8 Å². The number of benzene rings is 1. The first-order chi connectivity index (χ1) is 16.4. The molecule has 0 fully saturated rings. The van der Waals surface area contributed by atoms with Crippen LogP contribution in [0.15, 0.2) is 69.1 Å². The molecular weight excluding hydrogens is 450 g/mol. The molecule has 4 aromatic heterocycles. The molecule has 0 aliphatic carbocycles. The van der Waals surface area contributed by atoms with E-state index in [2.05, 4.69) is 20.3 Å². The van der Waals surface area contributed by atoms with Crippen LogP contribution >= 0.6 is 11.8 Å². The maximum Gasteiger partial charge on any atom is 0.258 e. The fourth-order valence-corrected chi connectivity index (χ4v) is 4.40. The Labute approximate surface area is 199 Å². The number of hydrogen-bond acceptors (Lipinski definition) is 7. The van der Waals surface area contributed by atoms with Gasteiger partial charge < -0.3 is 9.73 Å². The minimum Gasteiger partial charge on any atom is -0.443 e. The van der Waals surface area contributed by atoms with Gasteiger partial charge >= 0.3 is 0 Å². The number of aromatic nitrogens is 4. The number of nitrogens with one attached hydrogen (secondary N) is 1. The lowest BCUT2D eigenvalue weighted by Gasteiger charge is -2.09. The number of pyridine rings is 1. The van der Waals surface area contributed by atoms with E-state index in [-0.39, 0.29) is 11.5 Å². The summed E-state index contributed by atoms with van der Waals surface area (Å²) in [6, 6.07) is 14.2. The van der Waals surface area contributed by atoms with Crippen LogP contribution in [-0.2, 0) is 5.75 Å². The topological polar surface area (TPSA) is 102 Å². The van der Waals surface area contributed by atoms with Gasteiger partial charge in [-0.15, -0.1) is 0 Å². The largest absolute Gasteiger partial charge is 0.443 e. The van der Waals surface area contributed by atoms with E-state index >= 15 is 0 Å². The van der Waals surface area contributed by atoms with Crippen molar-refractivity contribution < 1.29 is 9.21 Å². The lowest BCUT2D eigenvalue weighted by molar-refractivity contribution is 0.102. The van der Waals surface area contributed by atoms with Crippen LogP contribution in [0.1, 0.15) is 32.9 Å². The molecule has 170 valence electrons. The summed E-state index contributed by atoms with van der Waals surface area (Å²) >= 11 is 1.32. The number of furan rings is 1. The Morgan fingerprint density at radius 1 is 1.06 bits per heavy atom. The molecule has 0 aliphatic heterocycles. The molecule has 0 spiro atoms. The van der Waals surface area contributed by atoms with Gasteiger partial charge in [-0.25, -0.2) is 9.97 Å². The SMILES string of the molecule is Cc1oc2nc(SCc3cc(=O)n4cccc(C)c4n3)nc(NC(=O)c3ccccc3)c2c1C. The summed E-state index contributed by atoms with van der Waals surface area (Å²) in [7, 11) is 0. The smallest absolute Gasteiger partial charge is 0.258 e. The average Bonchev–Trinajstić information content (AvgIpc) is 3.12. The summed E-state index contributed by atoms with van der Waals surface area (Å²) in [6.07, 6.45) is 1.70. The lowest BCUT2D eigenvalue weighted by atomic mass is 10.2. The molecule has 34 heavy (non-hydrogen) atoms. The van der Waals surface area contributed by atoms with Crippen LogP contribution in [0.4, 0.5) is 5.82 Å². The Hall–Kier alpha value is -3.98. The average molecular weight is 472 g/mol. The highest BCUT2D eigenvalue weighted by atomic mass is 32.2. The highest BCUT2D eigenvalue weighted by Crippen LogP contribution is 2.32. The molecule has 5 aromatic rings. The van der Waals surface area contributed by atoms with Gasteiger partial charge in [0.25, 0.3) is 11.5 Å². The van der Waals surface area contributed by atoms with Crippen molar-refractivity contribution in [2.75, 3.05) is 5.32 Å². The van der Waals surface area contributed by atoms with Crippen molar-refractivity contribution in [1.82, 2.24) is 19.4 Å². The van der Waals surface area contributed by atoms with Crippen LogP contribution in [-0.4, -0.2) is 25.3 Å². The highest BCUT2D eigenvalue weighted by Gasteiger charge is 2.19. The summed E-state index contributed by atoms with van der Waals surface area (Å²) in [6.45, 7) is 5.67. The number of thioether (sulfide) groups is 1. The van der Waals surface area contributed by atoms with Crippen molar-refractivity contribution >= 4 is 40.2 Å². The summed E-state index contributed by atoms with van der Waals surface area (Å²) in [5.74, 6) is 1.21. The third kappa shape index (κ3) is 4.06. The molecule has 0 aliphatic rings. The van der Waals surface area contributed by atoms with Gasteiger partial charge in [0.1, 0.15) is 17.2 Å². The second-order valence-corrected chi connectivity index (χ2v) is 8.84. The number of anilines is 1. The van der Waals surface area contributed by atoms with Crippen LogP contribution < -0.4 is 10.9 Å². The zero-order valence-corrected chi connectivity index (χ0v) is 19.6. The molecule has 1 amide bonds. The third-order valence-electron chi connectivity index (χ3n) is 5.56. The summed E-state index contributed by atoms with van der Waals surface area (Å²) in [5.41, 5.74) is 3.81. The Balaban J connectivity index is 1.48. The van der Waals surface area contributed by atoms with E-state index in [0.717, 1.165) is 11.1 Å². The van der Waals surface area contributed by atoms with Crippen molar-refractivity contribution in [3.8, 4) is 0 Å². The second-order valence-electron chi connectivity index (χ2n) is 7.90. The molecule has 9 heteroatoms. The number of amides is 1. The predicted molar refractivity (Wildman–Crippen MR) is 131 cm³/mol. The molecule has 5 rings (SSSR count). The van der Waals surface area contributed by atoms with Crippen LogP contribution in [0.25, 0.3) is 16.7 Å². The van der Waals surface area contributed by atoms with Gasteiger partial charge in [-0.1, -0.05) is 36.0 Å². The van der Waals surface area contributed by atoms with Crippen molar-refractivity contribution in [3.63, 3.8) is 0 Å². The van der Waals surface area contributed by atoms with Gasteiger partial charge in [-0.3, -0.25) is 14.0 Å². The summed E-state index contributed by atoms with van der Waals surface area (Å²) in [5, 5.41) is 3.99. The number of hydrogen-bond donors (Lipinski definition) is 1. The number of nitrogens with zero attached hydrogens (tertiary/aromatic N) is 4.